The van der Waals surface area contributed by atoms with Gasteiger partial charge in [0, 0.05) is 11.8 Å². The van der Waals surface area contributed by atoms with Crippen LogP contribution in [0.3, 0.4) is 0 Å². The summed E-state index contributed by atoms with van der Waals surface area (Å²) in [7, 11) is 1.52. The number of rotatable bonds is 6. The second-order valence-corrected chi connectivity index (χ2v) is 6.55. The van der Waals surface area contributed by atoms with Crippen LogP contribution in [0.5, 0.6) is 5.75 Å². The fourth-order valence-corrected chi connectivity index (χ4v) is 3.21. The number of halogens is 1. The summed E-state index contributed by atoms with van der Waals surface area (Å²) in [4.78, 5) is 12.2. The first-order chi connectivity index (χ1) is 12.6. The molecule has 0 aliphatic heterocycles. The van der Waals surface area contributed by atoms with Crippen LogP contribution in [0.1, 0.15) is 0 Å². The van der Waals surface area contributed by atoms with Crippen molar-refractivity contribution in [1.82, 2.24) is 14.8 Å². The number of carbonyl (C=O) groups is 1. The molecule has 0 spiro atoms. The highest BCUT2D eigenvalue weighted by molar-refractivity contribution is 7.99. The van der Waals surface area contributed by atoms with Gasteiger partial charge in [-0.15, -0.1) is 10.2 Å². The van der Waals surface area contributed by atoms with E-state index in [0.29, 0.717) is 21.6 Å². The summed E-state index contributed by atoms with van der Waals surface area (Å²) in [6.07, 6.45) is 0. The van der Waals surface area contributed by atoms with Gasteiger partial charge in [-0.05, 0) is 24.3 Å². The number of nitrogens with one attached hydrogen (secondary N) is 1. The minimum Gasteiger partial charge on any atom is -0.495 e. The molecular formula is C17H16ClN5O2S. The molecule has 0 saturated carbocycles. The molecule has 3 aromatic rings. The van der Waals surface area contributed by atoms with Gasteiger partial charge >= 0.3 is 0 Å². The van der Waals surface area contributed by atoms with Crippen molar-refractivity contribution in [3.05, 3.63) is 53.6 Å². The molecular weight excluding hydrogens is 374 g/mol. The number of amides is 1. The number of thioether (sulfide) groups is 1. The van der Waals surface area contributed by atoms with E-state index in [1.165, 1.54) is 18.9 Å². The van der Waals surface area contributed by atoms with Crippen molar-refractivity contribution >= 4 is 40.9 Å². The third kappa shape index (κ3) is 4.09. The lowest BCUT2D eigenvalue weighted by atomic mass is 10.3. The lowest BCUT2D eigenvalue weighted by molar-refractivity contribution is -0.113. The molecule has 0 unspecified atom stereocenters. The third-order valence-electron chi connectivity index (χ3n) is 3.44. The Bertz CT molecular complexity index is 917. The molecule has 0 fully saturated rings. The highest BCUT2D eigenvalue weighted by Gasteiger charge is 2.14. The molecule has 0 aliphatic rings. The van der Waals surface area contributed by atoms with E-state index in [1.54, 1.807) is 22.8 Å². The smallest absolute Gasteiger partial charge is 0.234 e. The molecule has 1 heterocycles. The van der Waals surface area contributed by atoms with Gasteiger partial charge in [0.1, 0.15) is 5.75 Å². The van der Waals surface area contributed by atoms with Crippen molar-refractivity contribution in [3.63, 3.8) is 0 Å². The zero-order valence-corrected chi connectivity index (χ0v) is 15.4. The average Bonchev–Trinajstić information content (AvgIpc) is 3.03. The molecule has 0 bridgehead atoms. The monoisotopic (exact) mass is 389 g/mol. The molecule has 3 rings (SSSR count). The number of methoxy groups -OCH3 is 1. The quantitative estimate of drug-likeness (QED) is 0.628. The van der Waals surface area contributed by atoms with Crippen LogP contribution in [0.2, 0.25) is 5.02 Å². The minimum absolute atomic E-state index is 0.149. The highest BCUT2D eigenvalue weighted by Crippen LogP contribution is 2.28. The molecule has 134 valence electrons. The summed E-state index contributed by atoms with van der Waals surface area (Å²) < 4.78 is 6.84. The fourth-order valence-electron chi connectivity index (χ4n) is 2.26. The number of anilines is 2. The molecule has 1 amide bonds. The molecule has 0 aliphatic carbocycles. The number of carbonyl (C=O) groups excluding carboxylic acids is 1. The molecule has 7 nitrogen and oxygen atoms in total. The van der Waals surface area contributed by atoms with Gasteiger partial charge in [0.2, 0.25) is 11.9 Å². The first kappa shape index (κ1) is 18.1. The first-order valence-corrected chi connectivity index (χ1v) is 8.97. The summed E-state index contributed by atoms with van der Waals surface area (Å²) in [6, 6.07) is 14.5. The predicted molar refractivity (Wildman–Crippen MR) is 103 cm³/mol. The number of para-hydroxylation sites is 1. The zero-order valence-electron chi connectivity index (χ0n) is 13.8. The normalized spacial score (nSPS) is 10.5. The van der Waals surface area contributed by atoms with E-state index in [1.807, 2.05) is 30.3 Å². The van der Waals surface area contributed by atoms with E-state index in [-0.39, 0.29) is 17.6 Å². The topological polar surface area (TPSA) is 95.1 Å². The maximum atomic E-state index is 12.2. The average molecular weight is 390 g/mol. The van der Waals surface area contributed by atoms with E-state index in [2.05, 4.69) is 15.5 Å². The molecule has 0 radical (unpaired) electrons. The van der Waals surface area contributed by atoms with Gasteiger partial charge < -0.3 is 15.8 Å². The summed E-state index contributed by atoms with van der Waals surface area (Å²) in [5, 5.41) is 11.7. The second-order valence-electron chi connectivity index (χ2n) is 5.20. The Morgan fingerprint density at radius 3 is 2.77 bits per heavy atom. The number of hydrogen-bond acceptors (Lipinski definition) is 6. The van der Waals surface area contributed by atoms with Crippen molar-refractivity contribution in [2.45, 2.75) is 5.16 Å². The Morgan fingerprint density at radius 2 is 2.04 bits per heavy atom. The molecule has 26 heavy (non-hydrogen) atoms. The lowest BCUT2D eigenvalue weighted by Crippen LogP contribution is -2.14. The Hall–Kier alpha value is -2.71. The standard InChI is InChI=1S/C17H16ClN5O2S/c1-25-14-9-11(7-8-13(14)18)20-15(24)10-26-17-22-21-16(19)23(17)12-5-3-2-4-6-12/h2-9H,10H2,1H3,(H2,19,21)(H,20,24). The molecule has 0 saturated heterocycles. The van der Waals surface area contributed by atoms with E-state index >= 15 is 0 Å². The van der Waals surface area contributed by atoms with Gasteiger partial charge in [0.25, 0.3) is 0 Å². The molecule has 1 aromatic heterocycles. The van der Waals surface area contributed by atoms with Crippen molar-refractivity contribution in [1.29, 1.82) is 0 Å². The summed E-state index contributed by atoms with van der Waals surface area (Å²) in [6.45, 7) is 0. The van der Waals surface area contributed by atoms with Crippen LogP contribution < -0.4 is 15.8 Å². The maximum Gasteiger partial charge on any atom is 0.234 e. The van der Waals surface area contributed by atoms with Gasteiger partial charge in [-0.3, -0.25) is 9.36 Å². The van der Waals surface area contributed by atoms with Gasteiger partial charge in [-0.2, -0.15) is 0 Å². The summed E-state index contributed by atoms with van der Waals surface area (Å²) in [5.41, 5.74) is 7.33. The molecule has 2 aromatic carbocycles. The van der Waals surface area contributed by atoms with Crippen molar-refractivity contribution in [3.8, 4) is 11.4 Å². The van der Waals surface area contributed by atoms with Crippen LogP contribution in [0.15, 0.2) is 53.7 Å². The number of hydrogen-bond donors (Lipinski definition) is 2. The Morgan fingerprint density at radius 1 is 1.27 bits per heavy atom. The van der Waals surface area contributed by atoms with E-state index in [9.17, 15) is 4.79 Å². The van der Waals surface area contributed by atoms with E-state index in [4.69, 9.17) is 22.1 Å². The number of nitrogens with zero attached hydrogens (tertiary/aromatic N) is 3. The molecule has 9 heteroatoms. The van der Waals surface area contributed by atoms with Gasteiger partial charge in [-0.25, -0.2) is 0 Å². The number of nitrogen functional groups attached to an aromatic ring is 1. The Labute approximate surface area is 159 Å². The largest absolute Gasteiger partial charge is 0.495 e. The molecule has 3 N–H and O–H groups in total. The minimum atomic E-state index is -0.194. The predicted octanol–water partition coefficient (Wildman–Crippen LogP) is 3.24. The van der Waals surface area contributed by atoms with Crippen LogP contribution >= 0.6 is 23.4 Å². The Balaban J connectivity index is 1.67. The lowest BCUT2D eigenvalue weighted by Gasteiger charge is -2.09. The van der Waals surface area contributed by atoms with E-state index < -0.39 is 0 Å². The van der Waals surface area contributed by atoms with Crippen LogP contribution in [0.4, 0.5) is 11.6 Å². The maximum absolute atomic E-state index is 12.2. The zero-order chi connectivity index (χ0) is 18.5. The number of ether oxygens (including phenoxy) is 1. The first-order valence-electron chi connectivity index (χ1n) is 7.61. The Kier molecular flexibility index (Phi) is 5.65. The van der Waals surface area contributed by atoms with Crippen molar-refractivity contribution < 1.29 is 9.53 Å². The SMILES string of the molecule is COc1cc(NC(=O)CSc2nnc(N)n2-c2ccccc2)ccc1Cl. The van der Waals surface area contributed by atoms with Crippen molar-refractivity contribution in [2.24, 2.45) is 0 Å². The number of benzene rings is 2. The second kappa shape index (κ2) is 8.11. The summed E-state index contributed by atoms with van der Waals surface area (Å²) in [5.74, 6) is 0.714. The third-order valence-corrected chi connectivity index (χ3v) is 4.68. The van der Waals surface area contributed by atoms with Gasteiger partial charge in [0.15, 0.2) is 5.16 Å². The van der Waals surface area contributed by atoms with Crippen LogP contribution in [-0.4, -0.2) is 33.5 Å². The van der Waals surface area contributed by atoms with Crippen LogP contribution in [0, 0.1) is 0 Å². The van der Waals surface area contributed by atoms with Gasteiger partial charge in [-0.1, -0.05) is 41.6 Å². The number of nitrogens with two attached hydrogens (primary N) is 1. The van der Waals surface area contributed by atoms with Crippen LogP contribution in [-0.2, 0) is 4.79 Å². The summed E-state index contributed by atoms with van der Waals surface area (Å²) >= 11 is 7.22. The van der Waals surface area contributed by atoms with Gasteiger partial charge in [0.05, 0.1) is 23.6 Å². The molecule has 0 atom stereocenters. The number of aromatic nitrogens is 3. The fraction of sp³-hybridized carbons (Fsp3) is 0.118. The van der Waals surface area contributed by atoms with E-state index in [0.717, 1.165) is 5.69 Å². The van der Waals surface area contributed by atoms with Crippen molar-refractivity contribution in [2.75, 3.05) is 23.9 Å². The highest BCUT2D eigenvalue weighted by atomic mass is 35.5. The van der Waals surface area contributed by atoms with Crippen LogP contribution in [0.25, 0.3) is 5.69 Å².